The maximum Gasteiger partial charge on any atom is 0.320 e. The van der Waals surface area contributed by atoms with Crippen molar-refractivity contribution >= 4 is 12.3 Å². The third-order valence-electron chi connectivity index (χ3n) is 3.19. The molecule has 0 atom stereocenters. The summed E-state index contributed by atoms with van der Waals surface area (Å²) in [5.74, 6) is 0. The first kappa shape index (κ1) is 9.49. The Hall–Kier alpha value is -1.06. The van der Waals surface area contributed by atoms with E-state index in [0.29, 0.717) is 12.6 Å². The fourth-order valence-electron chi connectivity index (χ4n) is 2.42. The van der Waals surface area contributed by atoms with E-state index >= 15 is 0 Å². The highest BCUT2D eigenvalue weighted by Gasteiger charge is 2.34. The summed E-state index contributed by atoms with van der Waals surface area (Å²) in [6.07, 6.45) is 5.56. The summed E-state index contributed by atoms with van der Waals surface area (Å²) in [6, 6.07) is 0.503. The highest BCUT2D eigenvalue weighted by molar-refractivity contribution is 5.79. The quantitative estimate of drug-likeness (QED) is 0.628. The van der Waals surface area contributed by atoms with Crippen molar-refractivity contribution in [2.45, 2.75) is 31.7 Å². The summed E-state index contributed by atoms with van der Waals surface area (Å²) >= 11 is 0. The molecule has 2 fully saturated rings. The second-order valence-electron chi connectivity index (χ2n) is 4.03. The maximum absolute atomic E-state index is 11.8. The predicted molar refractivity (Wildman–Crippen MR) is 52.0 cm³/mol. The number of hydrogen-bond acceptors (Lipinski definition) is 2. The SMILES string of the molecule is O=CCN1CCN(C2CCCC2)C1=O. The van der Waals surface area contributed by atoms with Crippen LogP contribution in [0.5, 0.6) is 0 Å². The van der Waals surface area contributed by atoms with E-state index < -0.39 is 0 Å². The van der Waals surface area contributed by atoms with E-state index in [-0.39, 0.29) is 12.6 Å². The number of carbonyl (C=O) groups is 2. The van der Waals surface area contributed by atoms with Gasteiger partial charge in [0.2, 0.25) is 0 Å². The monoisotopic (exact) mass is 196 g/mol. The van der Waals surface area contributed by atoms with E-state index in [1.165, 1.54) is 12.8 Å². The van der Waals surface area contributed by atoms with Gasteiger partial charge in [0.15, 0.2) is 0 Å². The zero-order chi connectivity index (χ0) is 9.97. The minimum absolute atomic E-state index is 0.0593. The number of nitrogens with zero attached hydrogens (tertiary/aromatic N) is 2. The Labute approximate surface area is 83.9 Å². The Morgan fingerprint density at radius 3 is 2.64 bits per heavy atom. The summed E-state index contributed by atoms with van der Waals surface area (Å²) in [5, 5.41) is 0. The summed E-state index contributed by atoms with van der Waals surface area (Å²) < 4.78 is 0. The molecule has 0 unspecified atom stereocenters. The topological polar surface area (TPSA) is 40.6 Å². The maximum atomic E-state index is 11.8. The van der Waals surface area contributed by atoms with Gasteiger partial charge in [-0.2, -0.15) is 0 Å². The standard InChI is InChI=1S/C10H16N2O2/c13-8-7-11-5-6-12(10(11)14)9-3-1-2-4-9/h8-9H,1-7H2. The molecule has 0 spiro atoms. The van der Waals surface area contributed by atoms with Crippen molar-refractivity contribution in [1.29, 1.82) is 0 Å². The van der Waals surface area contributed by atoms with Crippen molar-refractivity contribution < 1.29 is 9.59 Å². The first-order valence-electron chi connectivity index (χ1n) is 5.32. The average molecular weight is 196 g/mol. The Morgan fingerprint density at radius 1 is 1.29 bits per heavy atom. The molecule has 0 aromatic heterocycles. The first-order valence-corrected chi connectivity index (χ1v) is 5.32. The van der Waals surface area contributed by atoms with Gasteiger partial charge in [-0.1, -0.05) is 12.8 Å². The zero-order valence-electron chi connectivity index (χ0n) is 8.32. The minimum Gasteiger partial charge on any atom is -0.320 e. The zero-order valence-corrected chi connectivity index (χ0v) is 8.32. The predicted octanol–water partition coefficient (Wildman–Crippen LogP) is 0.865. The van der Waals surface area contributed by atoms with Gasteiger partial charge < -0.3 is 14.6 Å². The molecule has 0 radical (unpaired) electrons. The summed E-state index contributed by atoms with van der Waals surface area (Å²) in [5.41, 5.74) is 0. The lowest BCUT2D eigenvalue weighted by molar-refractivity contribution is -0.108. The molecule has 1 aliphatic carbocycles. The number of amides is 2. The summed E-state index contributed by atoms with van der Waals surface area (Å²) in [7, 11) is 0. The van der Waals surface area contributed by atoms with Gasteiger partial charge in [-0.25, -0.2) is 4.79 Å². The molecule has 2 aliphatic rings. The lowest BCUT2D eigenvalue weighted by atomic mass is 10.2. The van der Waals surface area contributed by atoms with Crippen molar-refractivity contribution in [1.82, 2.24) is 9.80 Å². The van der Waals surface area contributed by atoms with Gasteiger partial charge in [-0.05, 0) is 12.8 Å². The van der Waals surface area contributed by atoms with E-state index in [9.17, 15) is 9.59 Å². The van der Waals surface area contributed by atoms with Crippen LogP contribution in [0.2, 0.25) is 0 Å². The van der Waals surface area contributed by atoms with E-state index in [4.69, 9.17) is 0 Å². The minimum atomic E-state index is 0.0593. The molecule has 0 aromatic rings. The molecule has 2 amide bonds. The van der Waals surface area contributed by atoms with Gasteiger partial charge in [-0.3, -0.25) is 0 Å². The van der Waals surface area contributed by atoms with Gasteiger partial charge >= 0.3 is 6.03 Å². The van der Waals surface area contributed by atoms with Crippen molar-refractivity contribution in [3.05, 3.63) is 0 Å². The third-order valence-corrected chi connectivity index (χ3v) is 3.19. The van der Waals surface area contributed by atoms with Crippen molar-refractivity contribution in [3.8, 4) is 0 Å². The largest absolute Gasteiger partial charge is 0.320 e. The Kier molecular flexibility index (Phi) is 2.70. The van der Waals surface area contributed by atoms with Crippen LogP contribution < -0.4 is 0 Å². The Bertz CT molecular complexity index is 236. The Morgan fingerprint density at radius 2 is 2.00 bits per heavy atom. The second kappa shape index (κ2) is 3.98. The molecule has 4 heteroatoms. The van der Waals surface area contributed by atoms with Gasteiger partial charge in [0.1, 0.15) is 6.29 Å². The molecule has 14 heavy (non-hydrogen) atoms. The van der Waals surface area contributed by atoms with Crippen LogP contribution in [0, 0.1) is 0 Å². The molecular formula is C10H16N2O2. The number of carbonyl (C=O) groups excluding carboxylic acids is 2. The van der Waals surface area contributed by atoms with Crippen molar-refractivity contribution in [2.75, 3.05) is 19.6 Å². The molecular weight excluding hydrogens is 180 g/mol. The van der Waals surface area contributed by atoms with Crippen LogP contribution >= 0.6 is 0 Å². The molecule has 1 heterocycles. The van der Waals surface area contributed by atoms with Crippen LogP contribution in [0.4, 0.5) is 4.79 Å². The van der Waals surface area contributed by atoms with Crippen LogP contribution in [-0.2, 0) is 4.79 Å². The first-order chi connectivity index (χ1) is 6.83. The number of aldehydes is 1. The molecule has 78 valence electrons. The number of urea groups is 1. The van der Waals surface area contributed by atoms with Gasteiger partial charge in [0.25, 0.3) is 0 Å². The van der Waals surface area contributed by atoms with Crippen LogP contribution in [0.1, 0.15) is 25.7 Å². The lowest BCUT2D eigenvalue weighted by Crippen LogP contribution is -2.38. The summed E-state index contributed by atoms with van der Waals surface area (Å²) in [6.45, 7) is 1.77. The molecule has 0 bridgehead atoms. The van der Waals surface area contributed by atoms with Gasteiger partial charge in [-0.15, -0.1) is 0 Å². The van der Waals surface area contributed by atoms with Crippen molar-refractivity contribution in [3.63, 3.8) is 0 Å². The van der Waals surface area contributed by atoms with Crippen LogP contribution in [0.25, 0.3) is 0 Å². The molecule has 1 saturated heterocycles. The normalized spacial score (nSPS) is 23.6. The van der Waals surface area contributed by atoms with E-state index in [2.05, 4.69) is 0 Å². The number of hydrogen-bond donors (Lipinski definition) is 0. The molecule has 1 aliphatic heterocycles. The smallest absolute Gasteiger partial charge is 0.320 e. The van der Waals surface area contributed by atoms with Crippen LogP contribution in [0.3, 0.4) is 0 Å². The lowest BCUT2D eigenvalue weighted by Gasteiger charge is -2.23. The van der Waals surface area contributed by atoms with E-state index in [1.807, 2.05) is 4.90 Å². The fourth-order valence-corrected chi connectivity index (χ4v) is 2.42. The van der Waals surface area contributed by atoms with Crippen LogP contribution in [-0.4, -0.2) is 47.8 Å². The molecule has 2 rings (SSSR count). The van der Waals surface area contributed by atoms with Gasteiger partial charge in [0.05, 0.1) is 6.54 Å². The average Bonchev–Trinajstić information content (AvgIpc) is 2.77. The second-order valence-corrected chi connectivity index (χ2v) is 4.03. The van der Waals surface area contributed by atoms with Gasteiger partial charge in [0, 0.05) is 19.1 Å². The molecule has 1 saturated carbocycles. The highest BCUT2D eigenvalue weighted by Crippen LogP contribution is 2.26. The molecule has 0 N–H and O–H groups in total. The van der Waals surface area contributed by atoms with Crippen LogP contribution in [0.15, 0.2) is 0 Å². The molecule has 0 aromatic carbocycles. The third kappa shape index (κ3) is 1.61. The highest BCUT2D eigenvalue weighted by atomic mass is 16.2. The fraction of sp³-hybridized carbons (Fsp3) is 0.800. The van der Waals surface area contributed by atoms with E-state index in [1.54, 1.807) is 4.90 Å². The summed E-state index contributed by atoms with van der Waals surface area (Å²) in [4.78, 5) is 25.7. The van der Waals surface area contributed by atoms with Crippen molar-refractivity contribution in [2.24, 2.45) is 0 Å². The Balaban J connectivity index is 1.95. The number of rotatable bonds is 3. The molecule has 4 nitrogen and oxygen atoms in total. The van der Waals surface area contributed by atoms with E-state index in [0.717, 1.165) is 25.7 Å².